The average Bonchev–Trinajstić information content (AvgIpc) is 2.57. The van der Waals surface area contributed by atoms with Crippen molar-refractivity contribution in [2.24, 2.45) is 5.34 Å². The third kappa shape index (κ3) is 7.90. The van der Waals surface area contributed by atoms with Crippen LogP contribution in [0.5, 0.6) is 0 Å². The SMILES string of the molecule is CCCCCCCCCCCCc1ccccc1S(=O)(=O)ON=O. The molecule has 0 bridgehead atoms. The van der Waals surface area contributed by atoms with E-state index >= 15 is 0 Å². The smallest absolute Gasteiger partial charge is 0.228 e. The van der Waals surface area contributed by atoms with Crippen LogP contribution >= 0.6 is 0 Å². The summed E-state index contributed by atoms with van der Waals surface area (Å²) in [7, 11) is -4.08. The van der Waals surface area contributed by atoms with Gasteiger partial charge in [-0.1, -0.05) is 82.9 Å². The molecule has 0 saturated carbocycles. The van der Waals surface area contributed by atoms with E-state index in [1.807, 2.05) is 5.34 Å². The zero-order chi connectivity index (χ0) is 17.7. The van der Waals surface area contributed by atoms with Crippen LogP contribution in [-0.2, 0) is 20.8 Å². The van der Waals surface area contributed by atoms with Crippen LogP contribution in [0.4, 0.5) is 0 Å². The van der Waals surface area contributed by atoms with Crippen LogP contribution in [0.3, 0.4) is 0 Å². The molecule has 0 aromatic heterocycles. The first-order chi connectivity index (χ1) is 11.6. The number of hydrogen-bond donors (Lipinski definition) is 0. The molecule has 6 heteroatoms. The maximum atomic E-state index is 11.8. The van der Waals surface area contributed by atoms with Crippen molar-refractivity contribution in [3.8, 4) is 0 Å². The molecule has 0 heterocycles. The molecule has 0 radical (unpaired) electrons. The highest BCUT2D eigenvalue weighted by molar-refractivity contribution is 7.86. The van der Waals surface area contributed by atoms with E-state index in [1.165, 1.54) is 57.4 Å². The van der Waals surface area contributed by atoms with Crippen molar-refractivity contribution in [3.05, 3.63) is 34.7 Å². The monoisotopic (exact) mass is 355 g/mol. The van der Waals surface area contributed by atoms with E-state index in [0.717, 1.165) is 12.8 Å². The van der Waals surface area contributed by atoms with Gasteiger partial charge in [0.2, 0.25) is 0 Å². The Morgan fingerprint density at radius 3 is 2.00 bits per heavy atom. The third-order valence-electron chi connectivity index (χ3n) is 4.17. The van der Waals surface area contributed by atoms with Gasteiger partial charge in [-0.25, -0.2) is 4.28 Å². The minimum absolute atomic E-state index is 0.0422. The number of unbranched alkanes of at least 4 members (excludes halogenated alkanes) is 9. The lowest BCUT2D eigenvalue weighted by molar-refractivity contribution is 0.333. The van der Waals surface area contributed by atoms with Crippen LogP contribution in [0, 0.1) is 4.91 Å². The zero-order valence-electron chi connectivity index (χ0n) is 14.6. The number of hydrogen-bond acceptors (Lipinski definition) is 5. The predicted octanol–water partition coefficient (Wildman–Crippen LogP) is 5.54. The van der Waals surface area contributed by atoms with Gasteiger partial charge in [-0.15, -0.1) is 4.91 Å². The van der Waals surface area contributed by atoms with Gasteiger partial charge >= 0.3 is 10.1 Å². The molecule has 0 saturated heterocycles. The molecule has 0 aliphatic carbocycles. The molecule has 0 aliphatic rings. The topological polar surface area (TPSA) is 72.8 Å². The van der Waals surface area contributed by atoms with Gasteiger partial charge in [-0.3, -0.25) is 0 Å². The van der Waals surface area contributed by atoms with Gasteiger partial charge in [-0.05, 0) is 24.5 Å². The van der Waals surface area contributed by atoms with Crippen molar-refractivity contribution >= 4 is 10.1 Å². The van der Waals surface area contributed by atoms with Gasteiger partial charge in [0.05, 0.1) is 0 Å². The number of benzene rings is 1. The Morgan fingerprint density at radius 1 is 0.875 bits per heavy atom. The first kappa shape index (κ1) is 20.6. The lowest BCUT2D eigenvalue weighted by Crippen LogP contribution is -2.06. The second-order valence-electron chi connectivity index (χ2n) is 6.14. The molecule has 0 spiro atoms. The molecule has 0 fully saturated rings. The number of nitrogens with zero attached hydrogens (tertiary/aromatic N) is 1. The van der Waals surface area contributed by atoms with Gasteiger partial charge in [0.1, 0.15) is 4.90 Å². The summed E-state index contributed by atoms with van der Waals surface area (Å²) in [6.45, 7) is 2.23. The maximum Gasteiger partial charge on any atom is 0.361 e. The molecular formula is C18H29NO4S. The molecule has 0 amide bonds. The quantitative estimate of drug-likeness (QED) is 0.250. The van der Waals surface area contributed by atoms with Gasteiger partial charge in [0.15, 0.2) is 5.34 Å². The summed E-state index contributed by atoms with van der Waals surface area (Å²) in [5, 5.41) is 2.04. The summed E-state index contributed by atoms with van der Waals surface area (Å²) in [6.07, 6.45) is 13.0. The van der Waals surface area contributed by atoms with Gasteiger partial charge in [0, 0.05) is 0 Å². The summed E-state index contributed by atoms with van der Waals surface area (Å²) in [5.74, 6) is 0. The van der Waals surface area contributed by atoms with Crippen molar-refractivity contribution < 1.29 is 12.7 Å². The Hall–Kier alpha value is -1.43. The van der Waals surface area contributed by atoms with Crippen LogP contribution < -0.4 is 0 Å². The molecular weight excluding hydrogens is 326 g/mol. The first-order valence-corrected chi connectivity index (χ1v) is 10.4. The third-order valence-corrected chi connectivity index (χ3v) is 5.36. The summed E-state index contributed by atoms with van der Waals surface area (Å²) in [6, 6.07) is 6.61. The Morgan fingerprint density at radius 2 is 1.42 bits per heavy atom. The molecule has 0 atom stereocenters. The van der Waals surface area contributed by atoms with E-state index in [4.69, 9.17) is 0 Å². The molecule has 1 aromatic rings. The lowest BCUT2D eigenvalue weighted by Gasteiger charge is -2.07. The molecule has 5 nitrogen and oxygen atoms in total. The van der Waals surface area contributed by atoms with Gasteiger partial charge in [0.25, 0.3) is 0 Å². The summed E-state index contributed by atoms with van der Waals surface area (Å²) >= 11 is 0. The van der Waals surface area contributed by atoms with E-state index in [0.29, 0.717) is 12.0 Å². The van der Waals surface area contributed by atoms with E-state index in [2.05, 4.69) is 11.2 Å². The van der Waals surface area contributed by atoms with Crippen molar-refractivity contribution in [3.63, 3.8) is 0 Å². The fourth-order valence-corrected chi connectivity index (χ4v) is 3.73. The standard InChI is InChI=1S/C18H29NO4S/c1-2-3-4-5-6-7-8-9-10-11-14-17-15-12-13-16-18(17)24(21,22)23-19-20/h12-13,15-16H,2-11,14H2,1H3. The second kappa shape index (κ2) is 12.0. The molecule has 24 heavy (non-hydrogen) atoms. The highest BCUT2D eigenvalue weighted by Gasteiger charge is 2.20. The Balaban J connectivity index is 2.28. The van der Waals surface area contributed by atoms with Crippen molar-refractivity contribution in [1.82, 2.24) is 0 Å². The predicted molar refractivity (Wildman–Crippen MR) is 96.1 cm³/mol. The Bertz CT molecular complexity index is 572. The summed E-state index contributed by atoms with van der Waals surface area (Å²) in [4.78, 5) is 10.1. The van der Waals surface area contributed by atoms with E-state index in [9.17, 15) is 13.3 Å². The van der Waals surface area contributed by atoms with Crippen molar-refractivity contribution in [2.75, 3.05) is 0 Å². The number of rotatable bonds is 14. The average molecular weight is 356 g/mol. The minimum atomic E-state index is -4.08. The molecule has 0 unspecified atom stereocenters. The van der Waals surface area contributed by atoms with Crippen LogP contribution in [0.2, 0.25) is 0 Å². The van der Waals surface area contributed by atoms with Gasteiger partial charge in [-0.2, -0.15) is 8.42 Å². The maximum absolute atomic E-state index is 11.8. The Kier molecular flexibility index (Phi) is 10.3. The second-order valence-corrected chi connectivity index (χ2v) is 7.64. The molecule has 1 rings (SSSR count). The highest BCUT2D eigenvalue weighted by atomic mass is 32.2. The lowest BCUT2D eigenvalue weighted by atomic mass is 10.0. The van der Waals surface area contributed by atoms with Gasteiger partial charge < -0.3 is 0 Å². The summed E-state index contributed by atoms with van der Waals surface area (Å²) in [5.41, 5.74) is 0.681. The first-order valence-electron chi connectivity index (χ1n) is 8.96. The van der Waals surface area contributed by atoms with E-state index in [1.54, 1.807) is 18.2 Å². The largest absolute Gasteiger partial charge is 0.361 e. The Labute approximate surface area is 145 Å². The van der Waals surface area contributed by atoms with E-state index < -0.39 is 10.1 Å². The van der Waals surface area contributed by atoms with Crippen molar-refractivity contribution in [1.29, 1.82) is 0 Å². The zero-order valence-corrected chi connectivity index (χ0v) is 15.4. The fraction of sp³-hybridized carbons (Fsp3) is 0.667. The van der Waals surface area contributed by atoms with Crippen LogP contribution in [0.25, 0.3) is 0 Å². The van der Waals surface area contributed by atoms with Crippen LogP contribution in [-0.4, -0.2) is 8.42 Å². The highest BCUT2D eigenvalue weighted by Crippen LogP contribution is 2.21. The summed E-state index contributed by atoms with van der Waals surface area (Å²) < 4.78 is 27.6. The van der Waals surface area contributed by atoms with Crippen molar-refractivity contribution in [2.45, 2.75) is 82.4 Å². The number of aryl methyl sites for hydroxylation is 1. The van der Waals surface area contributed by atoms with E-state index in [-0.39, 0.29) is 4.90 Å². The normalized spacial score (nSPS) is 11.4. The minimum Gasteiger partial charge on any atom is -0.228 e. The van der Waals surface area contributed by atoms with Crippen LogP contribution in [0.1, 0.15) is 76.7 Å². The molecule has 0 aliphatic heterocycles. The fourth-order valence-electron chi connectivity index (χ4n) is 2.84. The molecule has 0 N–H and O–H groups in total. The van der Waals surface area contributed by atoms with Crippen LogP contribution in [0.15, 0.2) is 34.5 Å². The molecule has 1 aromatic carbocycles. The molecule has 136 valence electrons.